The van der Waals surface area contributed by atoms with Crippen LogP contribution in [0.15, 0.2) is 18.2 Å². The molecule has 1 aliphatic rings. The summed E-state index contributed by atoms with van der Waals surface area (Å²) in [5.74, 6) is 0.145. The number of likely N-dealkylation sites (N-methyl/N-ethyl adjacent to an activating group) is 1. The molecular weight excluding hydrogens is 278 g/mol. The van der Waals surface area contributed by atoms with Gasteiger partial charge in [-0.05, 0) is 32.4 Å². The highest BCUT2D eigenvalue weighted by molar-refractivity contribution is 5.95. The second-order valence-corrected chi connectivity index (χ2v) is 5.84. The molecule has 0 saturated carbocycles. The lowest BCUT2D eigenvalue weighted by Gasteiger charge is -2.34. The fourth-order valence-electron chi connectivity index (χ4n) is 2.79. The highest BCUT2D eigenvalue weighted by atomic mass is 16.2. The zero-order chi connectivity index (χ0) is 16.1. The molecule has 0 radical (unpaired) electrons. The highest BCUT2D eigenvalue weighted by Gasteiger charge is 2.23. The average Bonchev–Trinajstić information content (AvgIpc) is 2.47. The Kier molecular flexibility index (Phi) is 5.55. The van der Waals surface area contributed by atoms with E-state index in [4.69, 9.17) is 0 Å². The van der Waals surface area contributed by atoms with Crippen LogP contribution in [0.5, 0.6) is 0 Å². The van der Waals surface area contributed by atoms with Crippen LogP contribution in [-0.2, 0) is 4.79 Å². The molecule has 1 saturated heterocycles. The zero-order valence-corrected chi connectivity index (χ0v) is 13.7. The summed E-state index contributed by atoms with van der Waals surface area (Å²) in [6.45, 7) is 9.83. The van der Waals surface area contributed by atoms with Gasteiger partial charge in [0.15, 0.2) is 0 Å². The second kappa shape index (κ2) is 7.40. The summed E-state index contributed by atoms with van der Waals surface area (Å²) in [5, 5.41) is 2.80. The maximum atomic E-state index is 12.6. The number of hydrogen-bond acceptors (Lipinski definition) is 3. The van der Waals surface area contributed by atoms with Crippen LogP contribution in [0, 0.1) is 13.8 Å². The van der Waals surface area contributed by atoms with Crippen molar-refractivity contribution < 1.29 is 9.59 Å². The molecule has 1 aromatic carbocycles. The van der Waals surface area contributed by atoms with Gasteiger partial charge in [0.05, 0.1) is 6.54 Å². The number of carbonyl (C=O) groups excluding carboxylic acids is 2. The first-order chi connectivity index (χ1) is 10.5. The molecule has 2 rings (SSSR count). The molecule has 0 unspecified atom stereocenters. The summed E-state index contributed by atoms with van der Waals surface area (Å²) in [7, 11) is 0. The largest absolute Gasteiger partial charge is 0.355 e. The van der Waals surface area contributed by atoms with Crippen LogP contribution in [-0.4, -0.2) is 60.9 Å². The maximum Gasteiger partial charge on any atom is 0.254 e. The summed E-state index contributed by atoms with van der Waals surface area (Å²) in [5.41, 5.74) is 2.97. The lowest BCUT2D eigenvalue weighted by atomic mass is 10.0. The van der Waals surface area contributed by atoms with Crippen molar-refractivity contribution in [1.82, 2.24) is 15.1 Å². The predicted octanol–water partition coefficient (Wildman–Crippen LogP) is 1.20. The Labute approximate surface area is 132 Å². The lowest BCUT2D eigenvalue weighted by molar-refractivity contribution is -0.122. The van der Waals surface area contributed by atoms with Crippen LogP contribution < -0.4 is 5.32 Å². The van der Waals surface area contributed by atoms with Gasteiger partial charge in [-0.15, -0.1) is 0 Å². The number of hydrogen-bond donors (Lipinski definition) is 1. The Morgan fingerprint density at radius 2 is 1.82 bits per heavy atom. The Hall–Kier alpha value is -1.88. The van der Waals surface area contributed by atoms with E-state index >= 15 is 0 Å². The van der Waals surface area contributed by atoms with Gasteiger partial charge in [-0.3, -0.25) is 14.5 Å². The SMILES string of the molecule is CCNC(=O)CN1CCN(C(=O)c2ccc(C)cc2C)CC1. The first kappa shape index (κ1) is 16.5. The molecule has 5 heteroatoms. The van der Waals surface area contributed by atoms with Crippen molar-refractivity contribution in [3.63, 3.8) is 0 Å². The van der Waals surface area contributed by atoms with E-state index in [0.717, 1.165) is 24.2 Å². The molecule has 1 fully saturated rings. The minimum absolute atomic E-state index is 0.0525. The molecule has 1 heterocycles. The molecule has 0 aliphatic carbocycles. The summed E-state index contributed by atoms with van der Waals surface area (Å²) >= 11 is 0. The molecule has 120 valence electrons. The Balaban J connectivity index is 1.91. The predicted molar refractivity (Wildman–Crippen MR) is 86.9 cm³/mol. The Morgan fingerprint density at radius 1 is 1.14 bits per heavy atom. The molecule has 5 nitrogen and oxygen atoms in total. The third-order valence-electron chi connectivity index (χ3n) is 4.01. The van der Waals surface area contributed by atoms with Gasteiger partial charge in [-0.1, -0.05) is 17.7 Å². The quantitative estimate of drug-likeness (QED) is 0.909. The third kappa shape index (κ3) is 4.07. The van der Waals surface area contributed by atoms with Gasteiger partial charge >= 0.3 is 0 Å². The molecule has 0 bridgehead atoms. The topological polar surface area (TPSA) is 52.7 Å². The number of nitrogens with zero attached hydrogens (tertiary/aromatic N) is 2. The molecule has 0 atom stereocenters. The third-order valence-corrected chi connectivity index (χ3v) is 4.01. The fraction of sp³-hybridized carbons (Fsp3) is 0.529. The van der Waals surface area contributed by atoms with E-state index in [-0.39, 0.29) is 11.8 Å². The van der Waals surface area contributed by atoms with E-state index in [9.17, 15) is 9.59 Å². The van der Waals surface area contributed by atoms with Gasteiger partial charge in [-0.2, -0.15) is 0 Å². The first-order valence-corrected chi connectivity index (χ1v) is 7.87. The van der Waals surface area contributed by atoms with Crippen LogP contribution in [0.2, 0.25) is 0 Å². The minimum atomic E-state index is 0.0525. The second-order valence-electron chi connectivity index (χ2n) is 5.84. The number of nitrogens with one attached hydrogen (secondary N) is 1. The van der Waals surface area contributed by atoms with Gasteiger partial charge in [0, 0.05) is 38.3 Å². The van der Waals surface area contributed by atoms with Gasteiger partial charge in [0.1, 0.15) is 0 Å². The molecule has 0 aromatic heterocycles. The van der Waals surface area contributed by atoms with E-state index in [1.165, 1.54) is 5.56 Å². The molecule has 0 spiro atoms. The van der Waals surface area contributed by atoms with E-state index < -0.39 is 0 Å². The maximum absolute atomic E-state index is 12.6. The van der Waals surface area contributed by atoms with Crippen LogP contribution >= 0.6 is 0 Å². The normalized spacial score (nSPS) is 15.7. The average molecular weight is 303 g/mol. The first-order valence-electron chi connectivity index (χ1n) is 7.87. The van der Waals surface area contributed by atoms with Crippen molar-refractivity contribution in [2.75, 3.05) is 39.3 Å². The van der Waals surface area contributed by atoms with Crippen LogP contribution in [0.1, 0.15) is 28.4 Å². The van der Waals surface area contributed by atoms with Crippen molar-refractivity contribution in [2.45, 2.75) is 20.8 Å². The van der Waals surface area contributed by atoms with Crippen LogP contribution in [0.25, 0.3) is 0 Å². The number of rotatable bonds is 4. The van der Waals surface area contributed by atoms with Gasteiger partial charge < -0.3 is 10.2 Å². The summed E-state index contributed by atoms with van der Waals surface area (Å²) in [4.78, 5) is 28.2. The molecule has 22 heavy (non-hydrogen) atoms. The summed E-state index contributed by atoms with van der Waals surface area (Å²) < 4.78 is 0. The number of amides is 2. The summed E-state index contributed by atoms with van der Waals surface area (Å²) in [6, 6.07) is 5.93. The van der Waals surface area contributed by atoms with E-state index in [0.29, 0.717) is 26.2 Å². The zero-order valence-electron chi connectivity index (χ0n) is 13.7. The summed E-state index contributed by atoms with van der Waals surface area (Å²) in [6.07, 6.45) is 0. The minimum Gasteiger partial charge on any atom is -0.355 e. The Bertz CT molecular complexity index is 549. The van der Waals surface area contributed by atoms with Crippen molar-refractivity contribution >= 4 is 11.8 Å². The lowest BCUT2D eigenvalue weighted by Crippen LogP contribution is -2.51. The van der Waals surface area contributed by atoms with Crippen molar-refractivity contribution in [2.24, 2.45) is 0 Å². The molecule has 1 aromatic rings. The van der Waals surface area contributed by atoms with Crippen molar-refractivity contribution in [1.29, 1.82) is 0 Å². The van der Waals surface area contributed by atoms with E-state index in [1.807, 2.05) is 43.9 Å². The van der Waals surface area contributed by atoms with Crippen LogP contribution in [0.3, 0.4) is 0 Å². The van der Waals surface area contributed by atoms with Gasteiger partial charge in [-0.25, -0.2) is 0 Å². The monoisotopic (exact) mass is 303 g/mol. The van der Waals surface area contributed by atoms with Crippen molar-refractivity contribution in [3.8, 4) is 0 Å². The smallest absolute Gasteiger partial charge is 0.254 e. The molecule has 1 aliphatic heterocycles. The van der Waals surface area contributed by atoms with Gasteiger partial charge in [0.25, 0.3) is 5.91 Å². The van der Waals surface area contributed by atoms with E-state index in [1.54, 1.807) is 0 Å². The number of carbonyl (C=O) groups is 2. The van der Waals surface area contributed by atoms with Gasteiger partial charge in [0.2, 0.25) is 5.91 Å². The number of piperazine rings is 1. The number of aryl methyl sites for hydroxylation is 2. The fourth-order valence-corrected chi connectivity index (χ4v) is 2.79. The molecule has 2 amide bonds. The number of benzene rings is 1. The van der Waals surface area contributed by atoms with Crippen LogP contribution in [0.4, 0.5) is 0 Å². The molecule has 1 N–H and O–H groups in total. The molecular formula is C17H25N3O2. The van der Waals surface area contributed by atoms with E-state index in [2.05, 4.69) is 10.2 Å². The standard InChI is InChI=1S/C17H25N3O2/c1-4-18-16(21)12-19-7-9-20(10-8-19)17(22)15-6-5-13(2)11-14(15)3/h5-6,11H,4,7-10,12H2,1-3H3,(H,18,21). The highest BCUT2D eigenvalue weighted by Crippen LogP contribution is 2.14. The van der Waals surface area contributed by atoms with Crippen molar-refractivity contribution in [3.05, 3.63) is 34.9 Å². The Morgan fingerprint density at radius 3 is 2.41 bits per heavy atom.